The zero-order valence-corrected chi connectivity index (χ0v) is 16.0. The Morgan fingerprint density at radius 2 is 1.83 bits per heavy atom. The molecule has 2 aliphatic rings. The highest BCUT2D eigenvalue weighted by Crippen LogP contribution is 2.49. The van der Waals surface area contributed by atoms with Gasteiger partial charge >= 0.3 is 6.18 Å². The summed E-state index contributed by atoms with van der Waals surface area (Å²) in [6.45, 7) is -0.559. The number of hydrogen-bond donors (Lipinski definition) is 1. The Labute approximate surface area is 170 Å². The van der Waals surface area contributed by atoms with Crippen LogP contribution in [0.25, 0.3) is 0 Å². The minimum atomic E-state index is -4.38. The molecule has 0 aliphatic carbocycles. The van der Waals surface area contributed by atoms with E-state index in [1.807, 2.05) is 0 Å². The molecule has 2 amide bonds. The minimum absolute atomic E-state index is 0.195. The standard InChI is InChI=1S/C20H18F3N3O4/c1-25-16(27)10-17(28)26(13-4-2-3-12(9-13)24-11-20(21,22)23)14-5-6-15-19(18(14)25)30-8-7-29-15/h2-6,9,24H,7-8,10-11H2,1H3. The third-order valence-corrected chi connectivity index (χ3v) is 4.76. The van der Waals surface area contributed by atoms with Crippen LogP contribution in [-0.4, -0.2) is 44.8 Å². The highest BCUT2D eigenvalue weighted by atomic mass is 19.4. The molecular weight excluding hydrogens is 403 g/mol. The molecule has 7 nitrogen and oxygen atoms in total. The van der Waals surface area contributed by atoms with Gasteiger partial charge in [0.05, 0.1) is 11.4 Å². The summed E-state index contributed by atoms with van der Waals surface area (Å²) in [5.41, 5.74) is 1.27. The smallest absolute Gasteiger partial charge is 0.405 e. The molecule has 10 heteroatoms. The molecule has 2 aliphatic heterocycles. The fourth-order valence-corrected chi connectivity index (χ4v) is 3.42. The van der Waals surface area contributed by atoms with Crippen molar-refractivity contribution in [2.75, 3.05) is 41.9 Å². The fraction of sp³-hybridized carbons (Fsp3) is 0.300. The molecule has 0 aromatic heterocycles. The predicted molar refractivity (Wildman–Crippen MR) is 104 cm³/mol. The van der Waals surface area contributed by atoms with Crippen LogP contribution in [0.4, 0.5) is 35.9 Å². The van der Waals surface area contributed by atoms with Gasteiger partial charge in [0.2, 0.25) is 11.8 Å². The topological polar surface area (TPSA) is 71.1 Å². The van der Waals surface area contributed by atoms with Crippen molar-refractivity contribution in [1.29, 1.82) is 0 Å². The van der Waals surface area contributed by atoms with E-state index in [1.54, 1.807) is 18.2 Å². The van der Waals surface area contributed by atoms with E-state index < -0.39 is 31.0 Å². The van der Waals surface area contributed by atoms with Gasteiger partial charge in [0.1, 0.15) is 31.9 Å². The van der Waals surface area contributed by atoms with Crippen molar-refractivity contribution in [3.8, 4) is 11.5 Å². The first-order valence-electron chi connectivity index (χ1n) is 9.17. The van der Waals surface area contributed by atoms with Gasteiger partial charge in [0.25, 0.3) is 0 Å². The summed E-state index contributed by atoms with van der Waals surface area (Å²) < 4.78 is 49.0. The van der Waals surface area contributed by atoms with E-state index >= 15 is 0 Å². The summed E-state index contributed by atoms with van der Waals surface area (Å²) in [7, 11) is 1.54. The molecule has 0 saturated heterocycles. The van der Waals surface area contributed by atoms with Crippen LogP contribution in [0.15, 0.2) is 36.4 Å². The molecule has 0 fully saturated rings. The molecule has 2 heterocycles. The Bertz CT molecular complexity index is 1010. The molecule has 0 spiro atoms. The quantitative estimate of drug-likeness (QED) is 0.769. The monoisotopic (exact) mass is 421 g/mol. The van der Waals surface area contributed by atoms with Gasteiger partial charge in [-0.3, -0.25) is 14.5 Å². The van der Waals surface area contributed by atoms with Gasteiger partial charge in [0.15, 0.2) is 11.5 Å². The molecule has 0 saturated carbocycles. The highest BCUT2D eigenvalue weighted by Gasteiger charge is 2.35. The van der Waals surface area contributed by atoms with Crippen LogP contribution in [0.2, 0.25) is 0 Å². The Morgan fingerprint density at radius 3 is 2.60 bits per heavy atom. The van der Waals surface area contributed by atoms with Crippen molar-refractivity contribution in [2.24, 2.45) is 0 Å². The maximum atomic E-state index is 12.9. The average Bonchev–Trinajstić information content (AvgIpc) is 2.80. The van der Waals surface area contributed by atoms with Gasteiger partial charge in [-0.1, -0.05) is 6.07 Å². The van der Waals surface area contributed by atoms with E-state index in [0.717, 1.165) is 0 Å². The molecule has 2 aromatic carbocycles. The van der Waals surface area contributed by atoms with Crippen molar-refractivity contribution in [3.05, 3.63) is 36.4 Å². The van der Waals surface area contributed by atoms with Gasteiger partial charge in [-0.25, -0.2) is 0 Å². The Kier molecular flexibility index (Phi) is 4.92. The number of fused-ring (bicyclic) bond motifs is 3. The van der Waals surface area contributed by atoms with Gasteiger partial charge in [0, 0.05) is 12.7 Å². The second-order valence-electron chi connectivity index (χ2n) is 6.84. The second kappa shape index (κ2) is 7.43. The van der Waals surface area contributed by atoms with Crippen LogP contribution >= 0.6 is 0 Å². The Morgan fingerprint density at radius 1 is 1.07 bits per heavy atom. The number of anilines is 4. The molecule has 30 heavy (non-hydrogen) atoms. The van der Waals surface area contributed by atoms with Gasteiger partial charge in [-0.2, -0.15) is 13.2 Å². The number of nitrogens with zero attached hydrogens (tertiary/aromatic N) is 2. The van der Waals surface area contributed by atoms with Crippen molar-refractivity contribution < 1.29 is 32.2 Å². The van der Waals surface area contributed by atoms with E-state index in [-0.39, 0.29) is 12.3 Å². The van der Waals surface area contributed by atoms with E-state index in [0.29, 0.717) is 35.2 Å². The lowest BCUT2D eigenvalue weighted by atomic mass is 10.1. The van der Waals surface area contributed by atoms with E-state index in [9.17, 15) is 22.8 Å². The van der Waals surface area contributed by atoms with Crippen molar-refractivity contribution in [3.63, 3.8) is 0 Å². The van der Waals surface area contributed by atoms with E-state index in [1.165, 1.54) is 35.0 Å². The molecule has 0 radical (unpaired) electrons. The summed E-state index contributed by atoms with van der Waals surface area (Å²) in [5, 5.41) is 2.30. The molecular formula is C20H18F3N3O4. The van der Waals surface area contributed by atoms with Crippen LogP contribution in [0.3, 0.4) is 0 Å². The Balaban J connectivity index is 1.80. The maximum absolute atomic E-state index is 12.9. The van der Waals surface area contributed by atoms with Crippen molar-refractivity contribution >= 4 is 34.6 Å². The first kappa shape index (κ1) is 19.9. The number of carbonyl (C=O) groups excluding carboxylic acids is 2. The summed E-state index contributed by atoms with van der Waals surface area (Å²) in [6.07, 6.45) is -4.78. The lowest BCUT2D eigenvalue weighted by molar-refractivity contribution is -0.125. The van der Waals surface area contributed by atoms with Crippen LogP contribution in [0.1, 0.15) is 6.42 Å². The Hall–Kier alpha value is -3.43. The first-order chi connectivity index (χ1) is 14.2. The van der Waals surface area contributed by atoms with Crippen molar-refractivity contribution in [1.82, 2.24) is 0 Å². The number of amides is 2. The van der Waals surface area contributed by atoms with Crippen molar-refractivity contribution in [2.45, 2.75) is 12.6 Å². The third-order valence-electron chi connectivity index (χ3n) is 4.76. The lowest BCUT2D eigenvalue weighted by Gasteiger charge is -2.29. The predicted octanol–water partition coefficient (Wildman–Crippen LogP) is 3.46. The van der Waals surface area contributed by atoms with E-state index in [4.69, 9.17) is 9.47 Å². The lowest BCUT2D eigenvalue weighted by Crippen LogP contribution is -2.29. The normalized spacial score (nSPS) is 16.3. The first-order valence-corrected chi connectivity index (χ1v) is 9.17. The summed E-state index contributed by atoms with van der Waals surface area (Å²) >= 11 is 0. The zero-order chi connectivity index (χ0) is 21.5. The number of halogens is 3. The summed E-state index contributed by atoms with van der Waals surface area (Å²) in [6, 6.07) is 9.30. The molecule has 4 rings (SSSR count). The summed E-state index contributed by atoms with van der Waals surface area (Å²) in [5.74, 6) is -0.136. The van der Waals surface area contributed by atoms with Gasteiger partial charge < -0.3 is 19.7 Å². The van der Waals surface area contributed by atoms with Gasteiger partial charge in [-0.05, 0) is 30.3 Å². The highest BCUT2D eigenvalue weighted by molar-refractivity contribution is 6.19. The number of ether oxygens (including phenoxy) is 2. The number of hydrogen-bond acceptors (Lipinski definition) is 5. The number of alkyl halides is 3. The summed E-state index contributed by atoms with van der Waals surface area (Å²) in [4.78, 5) is 28.2. The molecule has 2 aromatic rings. The SMILES string of the molecule is CN1C(=O)CC(=O)N(c2cccc(NCC(F)(F)F)c2)c2ccc3c(c21)OCCO3. The second-order valence-corrected chi connectivity index (χ2v) is 6.84. The molecule has 158 valence electrons. The largest absolute Gasteiger partial charge is 0.486 e. The molecule has 0 unspecified atom stereocenters. The van der Waals surface area contributed by atoms with Crippen LogP contribution < -0.4 is 24.6 Å². The minimum Gasteiger partial charge on any atom is -0.486 e. The molecule has 0 atom stereocenters. The van der Waals surface area contributed by atoms with E-state index in [2.05, 4.69) is 5.32 Å². The number of nitrogens with one attached hydrogen (secondary N) is 1. The number of carbonyl (C=O) groups is 2. The van der Waals surface area contributed by atoms with Crippen LogP contribution in [0.5, 0.6) is 11.5 Å². The third kappa shape index (κ3) is 3.72. The molecule has 0 bridgehead atoms. The van der Waals surface area contributed by atoms with Crippen LogP contribution in [0, 0.1) is 0 Å². The fourth-order valence-electron chi connectivity index (χ4n) is 3.42. The zero-order valence-electron chi connectivity index (χ0n) is 16.0. The molecule has 1 N–H and O–H groups in total. The average molecular weight is 421 g/mol. The van der Waals surface area contributed by atoms with Gasteiger partial charge in [-0.15, -0.1) is 0 Å². The maximum Gasteiger partial charge on any atom is 0.405 e. The van der Waals surface area contributed by atoms with Crippen LogP contribution in [-0.2, 0) is 9.59 Å². The number of rotatable bonds is 3. The number of benzene rings is 2.